The summed E-state index contributed by atoms with van der Waals surface area (Å²) in [5, 5.41) is 12.3. The molecule has 5 nitrogen and oxygen atoms in total. The highest BCUT2D eigenvalue weighted by Crippen LogP contribution is 2.41. The third kappa shape index (κ3) is 2.34. The predicted octanol–water partition coefficient (Wildman–Crippen LogP) is 3.91. The Morgan fingerprint density at radius 1 is 0.750 bits per heavy atom. The van der Waals surface area contributed by atoms with E-state index in [9.17, 15) is 23.5 Å². The fourth-order valence-electron chi connectivity index (χ4n) is 3.19. The van der Waals surface area contributed by atoms with E-state index in [1.54, 1.807) is 18.2 Å². The topological polar surface area (TPSA) is 92.4 Å². The molecule has 0 unspecified atom stereocenters. The highest BCUT2D eigenvalue weighted by molar-refractivity contribution is 6.31. The molecule has 0 bridgehead atoms. The van der Waals surface area contributed by atoms with Gasteiger partial charge in [0, 0.05) is 11.4 Å². The largest absolute Gasteiger partial charge is 0.507 e. The van der Waals surface area contributed by atoms with Gasteiger partial charge in [-0.3, -0.25) is 9.59 Å². The van der Waals surface area contributed by atoms with Gasteiger partial charge in [-0.2, -0.15) is 0 Å². The number of nitrogens with two attached hydrogens (primary N) is 1. The van der Waals surface area contributed by atoms with Gasteiger partial charge >= 0.3 is 0 Å². The molecule has 28 heavy (non-hydrogen) atoms. The summed E-state index contributed by atoms with van der Waals surface area (Å²) in [5.41, 5.74) is 1.80. The van der Waals surface area contributed by atoms with Crippen LogP contribution in [0.4, 0.5) is 30.2 Å². The second kappa shape index (κ2) is 6.12. The normalized spacial score (nSPS) is 12.5. The molecule has 1 aliphatic carbocycles. The minimum absolute atomic E-state index is 0.196. The lowest BCUT2D eigenvalue weighted by molar-refractivity contribution is 0.0969. The van der Waals surface area contributed by atoms with E-state index in [4.69, 9.17) is 5.73 Å². The smallest absolute Gasteiger partial charge is 0.201 e. The summed E-state index contributed by atoms with van der Waals surface area (Å²) in [4.78, 5) is 25.5. The summed E-state index contributed by atoms with van der Waals surface area (Å²) in [5.74, 6) is -7.76. The van der Waals surface area contributed by atoms with E-state index >= 15 is 4.39 Å². The maximum Gasteiger partial charge on any atom is 0.201 e. The molecule has 8 heteroatoms. The van der Waals surface area contributed by atoms with Gasteiger partial charge in [0.05, 0.1) is 22.3 Å². The van der Waals surface area contributed by atoms with Gasteiger partial charge in [-0.1, -0.05) is 18.2 Å². The van der Waals surface area contributed by atoms with Crippen molar-refractivity contribution in [3.63, 3.8) is 0 Å². The number of nitrogen functional groups attached to an aromatic ring is 1. The monoisotopic (exact) mass is 384 g/mol. The van der Waals surface area contributed by atoms with Crippen LogP contribution >= 0.6 is 0 Å². The number of fused-ring (bicyclic) bond motifs is 2. The van der Waals surface area contributed by atoms with Gasteiger partial charge in [-0.05, 0) is 24.3 Å². The third-order valence-electron chi connectivity index (χ3n) is 4.49. The number of carbonyl (C=O) groups excluding carboxylic acids is 2. The third-order valence-corrected chi connectivity index (χ3v) is 4.49. The molecule has 0 saturated carbocycles. The fourth-order valence-corrected chi connectivity index (χ4v) is 3.19. The number of ketones is 2. The molecule has 0 atom stereocenters. The lowest BCUT2D eigenvalue weighted by Crippen LogP contribution is -2.26. The SMILES string of the molecule is Nc1ccc(O)c2c1C(=O)c1c(F)c(Nc3ccccc3)c(F)c(F)c1C2=O. The van der Waals surface area contributed by atoms with Crippen LogP contribution in [0.3, 0.4) is 0 Å². The van der Waals surface area contributed by atoms with Gasteiger partial charge in [-0.15, -0.1) is 0 Å². The van der Waals surface area contributed by atoms with Crippen LogP contribution in [0.5, 0.6) is 5.75 Å². The van der Waals surface area contributed by atoms with Crippen LogP contribution in [-0.4, -0.2) is 16.7 Å². The van der Waals surface area contributed by atoms with E-state index < -0.39 is 62.7 Å². The van der Waals surface area contributed by atoms with E-state index in [2.05, 4.69) is 5.32 Å². The van der Waals surface area contributed by atoms with E-state index in [0.717, 1.165) is 12.1 Å². The van der Waals surface area contributed by atoms with Crippen LogP contribution in [0.15, 0.2) is 42.5 Å². The Morgan fingerprint density at radius 3 is 2.04 bits per heavy atom. The molecule has 3 aromatic rings. The number of phenols is 1. The molecule has 1 aliphatic rings. The van der Waals surface area contributed by atoms with Crippen molar-refractivity contribution >= 4 is 28.6 Å². The van der Waals surface area contributed by atoms with E-state index in [0.29, 0.717) is 0 Å². The number of rotatable bonds is 2. The highest BCUT2D eigenvalue weighted by Gasteiger charge is 2.41. The Labute approximate surface area is 156 Å². The van der Waals surface area contributed by atoms with E-state index in [-0.39, 0.29) is 11.4 Å². The Balaban J connectivity index is 2.00. The quantitative estimate of drug-likeness (QED) is 0.277. The molecule has 0 amide bonds. The lowest BCUT2D eigenvalue weighted by Gasteiger charge is -2.22. The van der Waals surface area contributed by atoms with Gasteiger partial charge in [0.1, 0.15) is 11.4 Å². The minimum atomic E-state index is -1.69. The second-order valence-electron chi connectivity index (χ2n) is 6.14. The lowest BCUT2D eigenvalue weighted by atomic mass is 9.81. The van der Waals surface area contributed by atoms with Crippen molar-refractivity contribution < 1.29 is 27.9 Å². The van der Waals surface area contributed by atoms with Crippen LogP contribution in [0, 0.1) is 17.5 Å². The molecule has 0 radical (unpaired) electrons. The molecule has 0 aliphatic heterocycles. The van der Waals surface area contributed by atoms with Gasteiger partial charge in [0.2, 0.25) is 5.78 Å². The Hall–Kier alpha value is -3.81. The van der Waals surface area contributed by atoms with Gasteiger partial charge in [0.15, 0.2) is 23.2 Å². The van der Waals surface area contributed by atoms with Crippen LogP contribution in [0.2, 0.25) is 0 Å². The number of aromatic hydroxyl groups is 1. The first kappa shape index (κ1) is 17.6. The maximum atomic E-state index is 15.1. The summed E-state index contributed by atoms with van der Waals surface area (Å²) in [6.45, 7) is 0. The molecule has 0 saturated heterocycles. The van der Waals surface area contributed by atoms with Crippen molar-refractivity contribution in [2.75, 3.05) is 11.1 Å². The number of hydrogen-bond donors (Lipinski definition) is 3. The number of halogens is 3. The summed E-state index contributed by atoms with van der Waals surface area (Å²) < 4.78 is 44.4. The number of phenolic OH excluding ortho intramolecular Hbond substituents is 1. The van der Waals surface area contributed by atoms with Crippen molar-refractivity contribution in [1.29, 1.82) is 0 Å². The number of nitrogens with one attached hydrogen (secondary N) is 1. The molecule has 0 aromatic heterocycles. The molecule has 0 heterocycles. The molecule has 140 valence electrons. The number of carbonyl (C=O) groups is 2. The van der Waals surface area contributed by atoms with Gasteiger partial charge in [0.25, 0.3) is 0 Å². The molecule has 0 spiro atoms. The average molecular weight is 384 g/mol. The van der Waals surface area contributed by atoms with E-state index in [1.165, 1.54) is 12.1 Å². The summed E-state index contributed by atoms with van der Waals surface area (Å²) in [7, 11) is 0. The first-order valence-electron chi connectivity index (χ1n) is 8.06. The second-order valence-corrected chi connectivity index (χ2v) is 6.14. The zero-order valence-electron chi connectivity index (χ0n) is 14.0. The fraction of sp³-hybridized carbons (Fsp3) is 0. The summed E-state index contributed by atoms with van der Waals surface area (Å²) in [6, 6.07) is 10.00. The first-order valence-corrected chi connectivity index (χ1v) is 8.06. The summed E-state index contributed by atoms with van der Waals surface area (Å²) in [6.07, 6.45) is 0. The van der Waals surface area contributed by atoms with Gasteiger partial charge in [-0.25, -0.2) is 13.2 Å². The Morgan fingerprint density at radius 2 is 1.36 bits per heavy atom. The van der Waals surface area contributed by atoms with Crippen molar-refractivity contribution in [2.45, 2.75) is 0 Å². The minimum Gasteiger partial charge on any atom is -0.507 e. The molecule has 3 aromatic carbocycles. The molecular weight excluding hydrogens is 373 g/mol. The van der Waals surface area contributed by atoms with Gasteiger partial charge < -0.3 is 16.2 Å². The number of hydrogen-bond acceptors (Lipinski definition) is 5. The zero-order chi connectivity index (χ0) is 20.2. The first-order chi connectivity index (χ1) is 13.3. The van der Waals surface area contributed by atoms with Crippen molar-refractivity contribution in [3.8, 4) is 5.75 Å². The summed E-state index contributed by atoms with van der Waals surface area (Å²) >= 11 is 0. The molecule has 0 fully saturated rings. The molecule has 4 N–H and O–H groups in total. The zero-order valence-corrected chi connectivity index (χ0v) is 14.0. The van der Waals surface area contributed by atoms with Crippen molar-refractivity contribution in [3.05, 3.63) is 82.2 Å². The van der Waals surface area contributed by atoms with Crippen molar-refractivity contribution in [2.24, 2.45) is 0 Å². The number of anilines is 3. The molecule has 4 rings (SSSR count). The number of para-hydroxylation sites is 1. The standard InChI is InChI=1S/C20H11F3N2O3/c21-15-13-14(16(22)18(17(15)23)25-8-4-2-1-3-5-8)19(27)11-9(24)6-7-10(26)12(11)20(13)28/h1-7,25-26H,24H2. The van der Waals surface area contributed by atoms with E-state index in [1.807, 2.05) is 0 Å². The number of benzene rings is 3. The Kier molecular flexibility index (Phi) is 3.85. The average Bonchev–Trinajstić information content (AvgIpc) is 2.68. The van der Waals surface area contributed by atoms with Crippen LogP contribution in [-0.2, 0) is 0 Å². The van der Waals surface area contributed by atoms with Crippen molar-refractivity contribution in [1.82, 2.24) is 0 Å². The van der Waals surface area contributed by atoms with Crippen LogP contribution in [0.1, 0.15) is 31.8 Å². The highest BCUT2D eigenvalue weighted by atomic mass is 19.2. The van der Waals surface area contributed by atoms with Crippen LogP contribution in [0.25, 0.3) is 0 Å². The molecular formula is C20H11F3N2O3. The predicted molar refractivity (Wildman–Crippen MR) is 95.4 cm³/mol. The Bertz CT molecular complexity index is 1180. The van der Waals surface area contributed by atoms with Crippen LogP contribution < -0.4 is 11.1 Å². The maximum absolute atomic E-state index is 15.1.